The number of terminal acetylenes is 1. The molecule has 0 unspecified atom stereocenters. The Bertz CT molecular complexity index is 304. The van der Waals surface area contributed by atoms with Crippen LogP contribution in [-0.4, -0.2) is 17.0 Å². The van der Waals surface area contributed by atoms with Gasteiger partial charge >= 0.3 is 0 Å². The Balaban J connectivity index is 0.000000424. The van der Waals surface area contributed by atoms with Gasteiger partial charge in [-0.25, -0.2) is 9.97 Å². The second-order valence-electron chi connectivity index (χ2n) is 2.18. The van der Waals surface area contributed by atoms with Crippen molar-refractivity contribution in [2.24, 2.45) is 0 Å². The van der Waals surface area contributed by atoms with Crippen LogP contribution in [-0.2, 0) is 0 Å². The lowest BCUT2D eigenvalue weighted by Crippen LogP contribution is -1.96. The van der Waals surface area contributed by atoms with Crippen molar-refractivity contribution in [2.75, 3.05) is 12.4 Å². The molecule has 70 valence electrons. The smallest absolute Gasteiger partial charge is 0.137 e. The minimum absolute atomic E-state index is 0.499. The van der Waals surface area contributed by atoms with Crippen LogP contribution in [0.3, 0.4) is 0 Å². The first-order valence-electron chi connectivity index (χ1n) is 3.69. The first-order chi connectivity index (χ1) is 6.17. The highest BCUT2D eigenvalue weighted by atomic mass is 35.5. The molecule has 1 heterocycles. The average molecular weight is 198 g/mol. The molecule has 13 heavy (non-hydrogen) atoms. The third-order valence-corrected chi connectivity index (χ3v) is 1.64. The molecule has 0 bridgehead atoms. The average Bonchev–Trinajstić information content (AvgIpc) is 2.11. The Morgan fingerprint density at radius 1 is 1.54 bits per heavy atom. The Morgan fingerprint density at radius 2 is 2.08 bits per heavy atom. The van der Waals surface area contributed by atoms with Crippen LogP contribution in [0.25, 0.3) is 0 Å². The molecular formula is C9H12ClN3. The molecule has 4 heteroatoms. The predicted molar refractivity (Wildman–Crippen MR) is 55.8 cm³/mol. The molecule has 0 saturated carbocycles. The van der Waals surface area contributed by atoms with E-state index in [1.807, 2.05) is 6.92 Å². The first kappa shape index (κ1) is 11.7. The summed E-state index contributed by atoms with van der Waals surface area (Å²) in [6.45, 7) is 3.52. The number of nitrogens with one attached hydrogen (secondary N) is 1. The fraction of sp³-hybridized carbons (Fsp3) is 0.333. The lowest BCUT2D eigenvalue weighted by atomic mass is 10.3. The Morgan fingerprint density at radius 3 is 2.46 bits per heavy atom. The van der Waals surface area contributed by atoms with E-state index in [2.05, 4.69) is 27.6 Å². The van der Waals surface area contributed by atoms with Gasteiger partial charge in [0.2, 0.25) is 0 Å². The molecule has 0 atom stereocenters. The summed E-state index contributed by atoms with van der Waals surface area (Å²) in [5.74, 6) is 3.03. The summed E-state index contributed by atoms with van der Waals surface area (Å²) >= 11 is 5.70. The Labute approximate surface area is 83.6 Å². The SMILES string of the molecule is C#CC.CNc1ncnc(Cl)c1C. The number of aromatic nitrogens is 2. The highest BCUT2D eigenvalue weighted by molar-refractivity contribution is 6.30. The number of nitrogens with zero attached hydrogens (tertiary/aromatic N) is 2. The molecular weight excluding hydrogens is 186 g/mol. The van der Waals surface area contributed by atoms with Gasteiger partial charge < -0.3 is 5.32 Å². The van der Waals surface area contributed by atoms with Gasteiger partial charge in [0.15, 0.2) is 0 Å². The minimum Gasteiger partial charge on any atom is -0.373 e. The normalized spacial score (nSPS) is 7.92. The zero-order chi connectivity index (χ0) is 10.3. The van der Waals surface area contributed by atoms with E-state index in [1.165, 1.54) is 6.33 Å². The van der Waals surface area contributed by atoms with Crippen LogP contribution in [0.2, 0.25) is 5.15 Å². The maximum atomic E-state index is 5.70. The standard InChI is InChI=1S/C6H8ClN3.C3H4/c1-4-5(7)9-3-10-6(4)8-2;1-3-2/h3H,1-2H3,(H,8,9,10);1H,2H3. The maximum Gasteiger partial charge on any atom is 0.137 e. The topological polar surface area (TPSA) is 37.8 Å². The molecule has 0 aliphatic rings. The van der Waals surface area contributed by atoms with E-state index in [9.17, 15) is 0 Å². The van der Waals surface area contributed by atoms with Gasteiger partial charge in [-0.2, -0.15) is 0 Å². The van der Waals surface area contributed by atoms with Crippen LogP contribution in [0.5, 0.6) is 0 Å². The molecule has 0 fully saturated rings. The monoisotopic (exact) mass is 197 g/mol. The lowest BCUT2D eigenvalue weighted by molar-refractivity contribution is 1.12. The molecule has 1 aromatic rings. The third kappa shape index (κ3) is 3.77. The van der Waals surface area contributed by atoms with Crippen LogP contribution in [0, 0.1) is 19.3 Å². The van der Waals surface area contributed by atoms with Crippen LogP contribution in [0.4, 0.5) is 5.82 Å². The van der Waals surface area contributed by atoms with Gasteiger partial charge in [-0.1, -0.05) is 11.6 Å². The number of hydrogen-bond donors (Lipinski definition) is 1. The first-order valence-corrected chi connectivity index (χ1v) is 4.07. The zero-order valence-electron chi connectivity index (χ0n) is 7.93. The molecule has 0 aliphatic carbocycles. The van der Waals surface area contributed by atoms with Gasteiger partial charge in [-0.05, 0) is 13.8 Å². The summed E-state index contributed by atoms with van der Waals surface area (Å²) in [6, 6.07) is 0. The maximum absolute atomic E-state index is 5.70. The molecule has 0 radical (unpaired) electrons. The number of halogens is 1. The van der Waals surface area contributed by atoms with Crippen LogP contribution in [0.15, 0.2) is 6.33 Å². The van der Waals surface area contributed by atoms with Crippen molar-refractivity contribution in [3.63, 3.8) is 0 Å². The van der Waals surface area contributed by atoms with Crippen molar-refractivity contribution >= 4 is 17.4 Å². The molecule has 0 aliphatic heterocycles. The minimum atomic E-state index is 0.499. The molecule has 1 rings (SSSR count). The van der Waals surface area contributed by atoms with Gasteiger partial charge in [0, 0.05) is 12.6 Å². The molecule has 0 saturated heterocycles. The summed E-state index contributed by atoms with van der Waals surface area (Å²) in [4.78, 5) is 7.75. The summed E-state index contributed by atoms with van der Waals surface area (Å²) in [7, 11) is 1.80. The Kier molecular flexibility index (Phi) is 5.66. The molecule has 0 aromatic carbocycles. The second-order valence-corrected chi connectivity index (χ2v) is 2.53. The number of hydrogen-bond acceptors (Lipinski definition) is 3. The number of rotatable bonds is 1. The molecule has 1 aromatic heterocycles. The summed E-state index contributed by atoms with van der Waals surface area (Å²) in [5.41, 5.74) is 0.881. The quantitative estimate of drug-likeness (QED) is 0.554. The van der Waals surface area contributed by atoms with Crippen molar-refractivity contribution in [1.82, 2.24) is 9.97 Å². The van der Waals surface area contributed by atoms with Crippen LogP contribution >= 0.6 is 11.6 Å². The van der Waals surface area contributed by atoms with Gasteiger partial charge in [-0.3, -0.25) is 0 Å². The largest absolute Gasteiger partial charge is 0.373 e. The summed E-state index contributed by atoms with van der Waals surface area (Å²) < 4.78 is 0. The van der Waals surface area contributed by atoms with Crippen molar-refractivity contribution in [1.29, 1.82) is 0 Å². The van der Waals surface area contributed by atoms with E-state index >= 15 is 0 Å². The van der Waals surface area contributed by atoms with Crippen molar-refractivity contribution in [2.45, 2.75) is 13.8 Å². The van der Waals surface area contributed by atoms with E-state index in [0.29, 0.717) is 5.15 Å². The second kappa shape index (κ2) is 6.27. The fourth-order valence-corrected chi connectivity index (χ4v) is 0.814. The van der Waals surface area contributed by atoms with Crippen LogP contribution < -0.4 is 5.32 Å². The molecule has 0 spiro atoms. The summed E-state index contributed by atoms with van der Waals surface area (Å²) in [5, 5.41) is 3.40. The van der Waals surface area contributed by atoms with Gasteiger partial charge in [0.25, 0.3) is 0 Å². The van der Waals surface area contributed by atoms with Crippen molar-refractivity contribution in [3.8, 4) is 12.3 Å². The van der Waals surface area contributed by atoms with Crippen LogP contribution in [0.1, 0.15) is 12.5 Å². The summed E-state index contributed by atoms with van der Waals surface area (Å²) in [6.07, 6.45) is 6.03. The van der Waals surface area contributed by atoms with Gasteiger partial charge in [0.05, 0.1) is 0 Å². The van der Waals surface area contributed by atoms with Gasteiger partial charge in [-0.15, -0.1) is 12.3 Å². The molecule has 0 amide bonds. The Hall–Kier alpha value is -1.27. The van der Waals surface area contributed by atoms with Crippen molar-refractivity contribution < 1.29 is 0 Å². The highest BCUT2D eigenvalue weighted by Crippen LogP contribution is 2.16. The fourth-order valence-electron chi connectivity index (χ4n) is 0.681. The predicted octanol–water partition coefficient (Wildman–Crippen LogP) is 2.12. The van der Waals surface area contributed by atoms with E-state index in [4.69, 9.17) is 11.6 Å². The van der Waals surface area contributed by atoms with Gasteiger partial charge in [0.1, 0.15) is 17.3 Å². The number of anilines is 1. The molecule has 1 N–H and O–H groups in total. The van der Waals surface area contributed by atoms with E-state index in [1.54, 1.807) is 14.0 Å². The highest BCUT2D eigenvalue weighted by Gasteiger charge is 2.00. The third-order valence-electron chi connectivity index (χ3n) is 1.26. The van der Waals surface area contributed by atoms with E-state index in [0.717, 1.165) is 11.4 Å². The lowest BCUT2D eigenvalue weighted by Gasteiger charge is -2.02. The van der Waals surface area contributed by atoms with Crippen molar-refractivity contribution in [3.05, 3.63) is 17.0 Å². The zero-order valence-corrected chi connectivity index (χ0v) is 8.68. The molecule has 3 nitrogen and oxygen atoms in total. The van der Waals surface area contributed by atoms with E-state index in [-0.39, 0.29) is 0 Å². The van der Waals surface area contributed by atoms with E-state index < -0.39 is 0 Å².